The average Bonchev–Trinajstić information content (AvgIpc) is 2.95. The maximum atomic E-state index is 12.8. The summed E-state index contributed by atoms with van der Waals surface area (Å²) >= 11 is 8.81. The van der Waals surface area contributed by atoms with Crippen LogP contribution in [-0.4, -0.2) is 48.6 Å². The summed E-state index contributed by atoms with van der Waals surface area (Å²) in [6.07, 6.45) is 1.06. The van der Waals surface area contributed by atoms with Crippen molar-refractivity contribution in [2.75, 3.05) is 31.8 Å². The van der Waals surface area contributed by atoms with E-state index in [1.165, 1.54) is 0 Å². The lowest BCUT2D eigenvalue weighted by atomic mass is 10.1. The molecule has 1 heterocycles. The third-order valence-corrected chi connectivity index (χ3v) is 5.63. The van der Waals surface area contributed by atoms with Gasteiger partial charge in [0, 0.05) is 34.4 Å². The van der Waals surface area contributed by atoms with Gasteiger partial charge < -0.3 is 9.64 Å². The molecule has 0 aromatic heterocycles. The molecular weight excluding hydrogens is 406 g/mol. The third kappa shape index (κ3) is 4.00. The molecule has 1 aliphatic rings. The van der Waals surface area contributed by atoms with Crippen LogP contribution in [0.4, 0.5) is 0 Å². The van der Waals surface area contributed by atoms with E-state index in [0.29, 0.717) is 24.8 Å². The topological polar surface area (TPSA) is 29.5 Å². The highest BCUT2D eigenvalue weighted by Gasteiger charge is 2.28. The van der Waals surface area contributed by atoms with Gasteiger partial charge in [0.1, 0.15) is 0 Å². The zero-order chi connectivity index (χ0) is 14.5. The number of hydrogen-bond donors (Lipinski definition) is 0. The molecule has 0 spiro atoms. The first-order chi connectivity index (χ1) is 9.63. The van der Waals surface area contributed by atoms with E-state index in [9.17, 15) is 4.79 Å². The molecule has 0 aliphatic carbocycles. The summed E-state index contributed by atoms with van der Waals surface area (Å²) in [5.74, 6) is 2.21. The highest BCUT2D eigenvalue weighted by atomic mass is 79.9. The lowest BCUT2D eigenvalue weighted by Crippen LogP contribution is -2.42. The molecule has 6 heteroatoms. The van der Waals surface area contributed by atoms with Gasteiger partial charge in [0.2, 0.25) is 0 Å². The predicted molar refractivity (Wildman–Crippen MR) is 90.5 cm³/mol. The zero-order valence-electron chi connectivity index (χ0n) is 11.3. The summed E-state index contributed by atoms with van der Waals surface area (Å²) in [6.45, 7) is 1.21. The fourth-order valence-corrected chi connectivity index (χ4v) is 4.22. The number of ether oxygens (including phenoxy) is 1. The van der Waals surface area contributed by atoms with Crippen molar-refractivity contribution in [2.24, 2.45) is 0 Å². The Bertz CT molecular complexity index is 478. The van der Waals surface area contributed by atoms with Crippen LogP contribution in [0.3, 0.4) is 0 Å². The predicted octanol–water partition coefficient (Wildman–Crippen LogP) is 3.81. The second-order valence-electron chi connectivity index (χ2n) is 4.63. The smallest absolute Gasteiger partial charge is 0.255 e. The number of amides is 1. The van der Waals surface area contributed by atoms with E-state index in [1.54, 1.807) is 7.11 Å². The lowest BCUT2D eigenvalue weighted by Gasteiger charge is -2.29. The Kier molecular flexibility index (Phi) is 6.39. The van der Waals surface area contributed by atoms with Crippen LogP contribution < -0.4 is 0 Å². The lowest BCUT2D eigenvalue weighted by molar-refractivity contribution is 0.0623. The molecule has 0 N–H and O–H groups in total. The summed E-state index contributed by atoms with van der Waals surface area (Å²) in [7, 11) is 1.67. The van der Waals surface area contributed by atoms with Gasteiger partial charge in [0.15, 0.2) is 0 Å². The Morgan fingerprint density at radius 3 is 2.95 bits per heavy atom. The summed E-state index contributed by atoms with van der Waals surface area (Å²) in [4.78, 5) is 14.8. The fourth-order valence-electron chi connectivity index (χ4n) is 2.22. The van der Waals surface area contributed by atoms with Gasteiger partial charge in [0.05, 0.1) is 12.2 Å². The maximum absolute atomic E-state index is 12.8. The molecule has 0 bridgehead atoms. The van der Waals surface area contributed by atoms with Crippen LogP contribution in [-0.2, 0) is 4.74 Å². The number of hydrogen-bond acceptors (Lipinski definition) is 3. The molecule has 1 aromatic rings. The summed E-state index contributed by atoms with van der Waals surface area (Å²) in [6, 6.07) is 6.00. The minimum absolute atomic E-state index is 0.0720. The number of methoxy groups -OCH3 is 1. The fraction of sp³-hybridized carbons (Fsp3) is 0.500. The van der Waals surface area contributed by atoms with Crippen molar-refractivity contribution >= 4 is 49.5 Å². The van der Waals surface area contributed by atoms with Crippen molar-refractivity contribution in [3.63, 3.8) is 0 Å². The number of halogens is 2. The number of thioether (sulfide) groups is 1. The number of carbonyl (C=O) groups excluding carboxylic acids is 1. The molecule has 1 aliphatic heterocycles. The standard InChI is InChI=1S/C14H17Br2NO2S/c1-19-6-5-17(11-4-7-20-9-11)14(18)12-8-10(15)2-3-13(12)16/h2-3,8,11H,4-7,9H2,1H3. The molecule has 1 aromatic carbocycles. The minimum Gasteiger partial charge on any atom is -0.383 e. The molecule has 3 nitrogen and oxygen atoms in total. The number of nitrogens with zero attached hydrogens (tertiary/aromatic N) is 1. The molecule has 2 rings (SSSR count). The van der Waals surface area contributed by atoms with Gasteiger partial charge in [-0.25, -0.2) is 0 Å². The van der Waals surface area contributed by atoms with Crippen molar-refractivity contribution in [1.82, 2.24) is 4.90 Å². The van der Waals surface area contributed by atoms with Crippen LogP contribution in [0.1, 0.15) is 16.8 Å². The number of rotatable bonds is 5. The summed E-state index contributed by atoms with van der Waals surface area (Å²) in [5.41, 5.74) is 0.701. The molecule has 1 atom stereocenters. The summed E-state index contributed by atoms with van der Waals surface area (Å²) in [5, 5.41) is 0. The average molecular weight is 423 g/mol. The molecule has 110 valence electrons. The van der Waals surface area contributed by atoms with Crippen LogP contribution >= 0.6 is 43.6 Å². The second kappa shape index (κ2) is 7.82. The van der Waals surface area contributed by atoms with Crippen LogP contribution in [0, 0.1) is 0 Å². The monoisotopic (exact) mass is 421 g/mol. The van der Waals surface area contributed by atoms with Gasteiger partial charge in [-0.05, 0) is 46.3 Å². The van der Waals surface area contributed by atoms with Gasteiger partial charge >= 0.3 is 0 Å². The van der Waals surface area contributed by atoms with Crippen molar-refractivity contribution in [2.45, 2.75) is 12.5 Å². The Morgan fingerprint density at radius 2 is 2.30 bits per heavy atom. The van der Waals surface area contributed by atoms with Crippen molar-refractivity contribution in [3.8, 4) is 0 Å². The first-order valence-electron chi connectivity index (χ1n) is 6.46. The molecule has 0 radical (unpaired) electrons. The van der Waals surface area contributed by atoms with E-state index < -0.39 is 0 Å². The number of carbonyl (C=O) groups is 1. The summed E-state index contributed by atoms with van der Waals surface area (Å²) < 4.78 is 6.90. The highest BCUT2D eigenvalue weighted by molar-refractivity contribution is 9.11. The second-order valence-corrected chi connectivity index (χ2v) is 7.55. The zero-order valence-corrected chi connectivity index (χ0v) is 15.3. The maximum Gasteiger partial charge on any atom is 0.255 e. The van der Waals surface area contributed by atoms with Gasteiger partial charge in [-0.15, -0.1) is 0 Å². The van der Waals surface area contributed by atoms with E-state index in [-0.39, 0.29) is 5.91 Å². The molecule has 20 heavy (non-hydrogen) atoms. The first kappa shape index (κ1) is 16.3. The third-order valence-electron chi connectivity index (χ3n) is 3.30. The Labute approximate surface area is 140 Å². The Morgan fingerprint density at radius 1 is 1.50 bits per heavy atom. The minimum atomic E-state index is 0.0720. The number of benzene rings is 1. The molecule has 0 saturated carbocycles. The van der Waals surface area contributed by atoms with Crippen LogP contribution in [0.2, 0.25) is 0 Å². The van der Waals surface area contributed by atoms with Crippen LogP contribution in [0.25, 0.3) is 0 Å². The van der Waals surface area contributed by atoms with Crippen molar-refractivity contribution < 1.29 is 9.53 Å². The largest absolute Gasteiger partial charge is 0.383 e. The van der Waals surface area contributed by atoms with Crippen molar-refractivity contribution in [3.05, 3.63) is 32.7 Å². The van der Waals surface area contributed by atoms with Gasteiger partial charge in [0.25, 0.3) is 5.91 Å². The molecule has 1 fully saturated rings. The van der Waals surface area contributed by atoms with Gasteiger partial charge in [-0.3, -0.25) is 4.79 Å². The van der Waals surface area contributed by atoms with Gasteiger partial charge in [-0.1, -0.05) is 15.9 Å². The first-order valence-corrected chi connectivity index (χ1v) is 9.20. The van der Waals surface area contributed by atoms with Crippen LogP contribution in [0.5, 0.6) is 0 Å². The normalized spacial score (nSPS) is 18.2. The van der Waals surface area contributed by atoms with Crippen LogP contribution in [0.15, 0.2) is 27.1 Å². The van der Waals surface area contributed by atoms with E-state index in [0.717, 1.165) is 26.9 Å². The van der Waals surface area contributed by atoms with E-state index in [2.05, 4.69) is 31.9 Å². The van der Waals surface area contributed by atoms with E-state index in [4.69, 9.17) is 4.74 Å². The van der Waals surface area contributed by atoms with Gasteiger partial charge in [-0.2, -0.15) is 11.8 Å². The highest BCUT2D eigenvalue weighted by Crippen LogP contribution is 2.27. The SMILES string of the molecule is COCCN(C(=O)c1cc(Br)ccc1Br)C1CCSC1. The molecule has 1 amide bonds. The van der Waals surface area contributed by atoms with Crippen molar-refractivity contribution in [1.29, 1.82) is 0 Å². The molecule has 1 saturated heterocycles. The molecular formula is C14H17Br2NO2S. The molecule has 1 unspecified atom stereocenters. The Balaban J connectivity index is 2.22. The quantitative estimate of drug-likeness (QED) is 0.722. The van der Waals surface area contributed by atoms with E-state index in [1.807, 2.05) is 34.9 Å². The Hall–Kier alpha value is -0.0400. The van der Waals surface area contributed by atoms with E-state index >= 15 is 0 Å².